The molecule has 30 heavy (non-hydrogen) atoms. The van der Waals surface area contributed by atoms with Crippen LogP contribution in [0.2, 0.25) is 0 Å². The van der Waals surface area contributed by atoms with Crippen LogP contribution >= 0.6 is 0 Å². The second-order valence-electron chi connectivity index (χ2n) is 6.83. The van der Waals surface area contributed by atoms with Gasteiger partial charge in [-0.2, -0.15) is 0 Å². The van der Waals surface area contributed by atoms with Gasteiger partial charge in [0.05, 0.1) is 34.5 Å². The minimum atomic E-state index is -1.04. The molecular formula is C22H25NO7. The summed E-state index contributed by atoms with van der Waals surface area (Å²) in [5.41, 5.74) is 1.39. The van der Waals surface area contributed by atoms with Crippen LogP contribution in [0.1, 0.15) is 30.0 Å². The number of carboxylic acids is 1. The molecule has 0 saturated carbocycles. The van der Waals surface area contributed by atoms with Crippen LogP contribution in [0.4, 0.5) is 0 Å². The Morgan fingerprint density at radius 3 is 2.03 bits per heavy atom. The molecule has 1 aliphatic rings. The van der Waals surface area contributed by atoms with Gasteiger partial charge in [-0.15, -0.1) is 0 Å². The van der Waals surface area contributed by atoms with Crippen LogP contribution in [0, 0.1) is 0 Å². The summed E-state index contributed by atoms with van der Waals surface area (Å²) in [5, 5.41) is 9.73. The molecule has 0 unspecified atom stereocenters. The van der Waals surface area contributed by atoms with Gasteiger partial charge in [0.25, 0.3) is 0 Å². The van der Waals surface area contributed by atoms with E-state index in [1.807, 2.05) is 12.1 Å². The van der Waals surface area contributed by atoms with Gasteiger partial charge in [-0.05, 0) is 41.8 Å². The SMILES string of the molecule is COc1ccc([C@@H](c2cc(OC)c(OC)c(OC)c2)N2C(=O)CC[C@H]2C(=O)O)cc1. The van der Waals surface area contributed by atoms with Crippen molar-refractivity contribution >= 4 is 11.9 Å². The molecule has 1 amide bonds. The molecule has 1 aliphatic heterocycles. The fraction of sp³-hybridized carbons (Fsp3) is 0.364. The van der Waals surface area contributed by atoms with Crippen molar-refractivity contribution in [2.45, 2.75) is 24.9 Å². The first-order valence-electron chi connectivity index (χ1n) is 9.43. The zero-order chi connectivity index (χ0) is 21.8. The number of likely N-dealkylation sites (tertiary alicyclic amines) is 1. The number of carbonyl (C=O) groups excluding carboxylic acids is 1. The number of carboxylic acid groups (broad SMARTS) is 1. The normalized spacial score (nSPS) is 16.9. The number of rotatable bonds is 8. The van der Waals surface area contributed by atoms with E-state index in [0.29, 0.717) is 28.6 Å². The molecule has 0 bridgehead atoms. The van der Waals surface area contributed by atoms with Gasteiger partial charge in [-0.1, -0.05) is 12.1 Å². The molecule has 8 nitrogen and oxygen atoms in total. The predicted octanol–water partition coefficient (Wildman–Crippen LogP) is 2.89. The van der Waals surface area contributed by atoms with Gasteiger partial charge >= 0.3 is 5.97 Å². The first-order chi connectivity index (χ1) is 14.4. The third kappa shape index (κ3) is 3.85. The molecule has 0 aromatic heterocycles. The maximum Gasteiger partial charge on any atom is 0.326 e. The Hall–Kier alpha value is -3.42. The van der Waals surface area contributed by atoms with E-state index < -0.39 is 18.1 Å². The number of hydrogen-bond acceptors (Lipinski definition) is 6. The third-order valence-corrected chi connectivity index (χ3v) is 5.25. The standard InChI is InChI=1S/C22H25NO7/c1-27-15-7-5-13(6-8-15)20(23-16(22(25)26)9-10-19(23)24)14-11-17(28-2)21(30-4)18(12-14)29-3/h5-8,11-12,16,20H,9-10H2,1-4H3,(H,25,26)/t16-,20-/m0/s1. The smallest absolute Gasteiger partial charge is 0.326 e. The van der Waals surface area contributed by atoms with E-state index in [-0.39, 0.29) is 18.7 Å². The van der Waals surface area contributed by atoms with Crippen molar-refractivity contribution in [2.24, 2.45) is 0 Å². The van der Waals surface area contributed by atoms with Crippen LogP contribution in [0.25, 0.3) is 0 Å². The van der Waals surface area contributed by atoms with Crippen LogP contribution in [0.15, 0.2) is 36.4 Å². The summed E-state index contributed by atoms with van der Waals surface area (Å²) >= 11 is 0. The Morgan fingerprint density at radius 1 is 0.967 bits per heavy atom. The number of carbonyl (C=O) groups is 2. The maximum atomic E-state index is 12.8. The van der Waals surface area contributed by atoms with Crippen LogP contribution in [0.3, 0.4) is 0 Å². The Bertz CT molecular complexity index is 901. The minimum Gasteiger partial charge on any atom is -0.497 e. The van der Waals surface area contributed by atoms with Crippen LogP contribution in [-0.4, -0.2) is 56.4 Å². The predicted molar refractivity (Wildman–Crippen MR) is 108 cm³/mol. The molecule has 1 N–H and O–H groups in total. The van der Waals surface area contributed by atoms with E-state index in [1.165, 1.54) is 26.2 Å². The molecule has 2 atom stereocenters. The van der Waals surface area contributed by atoms with Gasteiger partial charge in [-0.25, -0.2) is 4.79 Å². The Labute approximate surface area is 174 Å². The minimum absolute atomic E-state index is 0.175. The molecule has 160 valence electrons. The zero-order valence-corrected chi connectivity index (χ0v) is 17.4. The first kappa shape index (κ1) is 21.3. The molecule has 3 rings (SSSR count). The van der Waals surface area contributed by atoms with E-state index in [1.54, 1.807) is 31.4 Å². The first-order valence-corrected chi connectivity index (χ1v) is 9.43. The Kier molecular flexibility index (Phi) is 6.34. The zero-order valence-electron chi connectivity index (χ0n) is 17.4. The Balaban J connectivity index is 2.21. The van der Waals surface area contributed by atoms with E-state index in [2.05, 4.69) is 0 Å². The highest BCUT2D eigenvalue weighted by Crippen LogP contribution is 2.44. The Morgan fingerprint density at radius 2 is 1.57 bits per heavy atom. The van der Waals surface area contributed by atoms with E-state index in [9.17, 15) is 14.7 Å². The van der Waals surface area contributed by atoms with Crippen molar-refractivity contribution in [1.82, 2.24) is 4.90 Å². The lowest BCUT2D eigenvalue weighted by atomic mass is 9.95. The highest BCUT2D eigenvalue weighted by molar-refractivity contribution is 5.88. The van der Waals surface area contributed by atoms with Crippen LogP contribution in [0.5, 0.6) is 23.0 Å². The molecule has 1 fully saturated rings. The largest absolute Gasteiger partial charge is 0.497 e. The summed E-state index contributed by atoms with van der Waals surface area (Å²) < 4.78 is 21.5. The number of aliphatic carboxylic acids is 1. The summed E-state index contributed by atoms with van der Waals surface area (Å²) in [6.07, 6.45) is 0.430. The second-order valence-corrected chi connectivity index (χ2v) is 6.83. The molecular weight excluding hydrogens is 390 g/mol. The van der Waals surface area contributed by atoms with Crippen molar-refractivity contribution in [3.8, 4) is 23.0 Å². The van der Waals surface area contributed by atoms with Crippen molar-refractivity contribution in [1.29, 1.82) is 0 Å². The van der Waals surface area contributed by atoms with Crippen LogP contribution in [-0.2, 0) is 9.59 Å². The molecule has 0 aliphatic carbocycles. The lowest BCUT2D eigenvalue weighted by molar-refractivity contribution is -0.147. The average Bonchev–Trinajstić information content (AvgIpc) is 3.15. The maximum absolute atomic E-state index is 12.8. The van der Waals surface area contributed by atoms with Gasteiger partial charge in [0, 0.05) is 6.42 Å². The lowest BCUT2D eigenvalue weighted by Gasteiger charge is -2.33. The van der Waals surface area contributed by atoms with E-state index in [0.717, 1.165) is 5.56 Å². The molecule has 1 heterocycles. The number of ether oxygens (including phenoxy) is 4. The van der Waals surface area contributed by atoms with Gasteiger partial charge in [0.2, 0.25) is 11.7 Å². The van der Waals surface area contributed by atoms with Crippen molar-refractivity contribution in [2.75, 3.05) is 28.4 Å². The van der Waals surface area contributed by atoms with Crippen molar-refractivity contribution < 1.29 is 33.6 Å². The number of hydrogen-bond donors (Lipinski definition) is 1. The number of benzene rings is 2. The monoisotopic (exact) mass is 415 g/mol. The second kappa shape index (κ2) is 8.94. The van der Waals surface area contributed by atoms with Crippen LogP contribution < -0.4 is 18.9 Å². The molecule has 1 saturated heterocycles. The lowest BCUT2D eigenvalue weighted by Crippen LogP contribution is -2.41. The van der Waals surface area contributed by atoms with Crippen molar-refractivity contribution in [3.05, 3.63) is 47.5 Å². The fourth-order valence-corrected chi connectivity index (χ4v) is 3.83. The summed E-state index contributed by atoms with van der Waals surface area (Å²) in [6.45, 7) is 0. The summed E-state index contributed by atoms with van der Waals surface area (Å²) in [4.78, 5) is 26.1. The van der Waals surface area contributed by atoms with E-state index >= 15 is 0 Å². The van der Waals surface area contributed by atoms with Gasteiger partial charge < -0.3 is 29.0 Å². The van der Waals surface area contributed by atoms with E-state index in [4.69, 9.17) is 18.9 Å². The summed E-state index contributed by atoms with van der Waals surface area (Å²) in [5.74, 6) is 0.654. The molecule has 8 heteroatoms. The van der Waals surface area contributed by atoms with Gasteiger partial charge in [0.1, 0.15) is 11.8 Å². The highest BCUT2D eigenvalue weighted by atomic mass is 16.5. The quantitative estimate of drug-likeness (QED) is 0.708. The molecule has 0 radical (unpaired) electrons. The number of methoxy groups -OCH3 is 4. The topological polar surface area (TPSA) is 94.5 Å². The highest BCUT2D eigenvalue weighted by Gasteiger charge is 2.42. The summed E-state index contributed by atoms with van der Waals surface area (Å²) in [7, 11) is 6.08. The fourth-order valence-electron chi connectivity index (χ4n) is 3.83. The number of amides is 1. The molecule has 0 spiro atoms. The summed E-state index contributed by atoms with van der Waals surface area (Å²) in [6, 6.07) is 9.08. The number of nitrogens with zero attached hydrogens (tertiary/aromatic N) is 1. The molecule has 2 aromatic carbocycles. The van der Waals surface area contributed by atoms with Crippen molar-refractivity contribution in [3.63, 3.8) is 0 Å². The molecule has 2 aromatic rings. The average molecular weight is 415 g/mol. The van der Waals surface area contributed by atoms with Gasteiger partial charge in [0.15, 0.2) is 11.5 Å². The third-order valence-electron chi connectivity index (χ3n) is 5.25. The van der Waals surface area contributed by atoms with Gasteiger partial charge in [-0.3, -0.25) is 4.79 Å².